The van der Waals surface area contributed by atoms with Crippen LogP contribution in [0.25, 0.3) is 0 Å². The SMILES string of the molecule is CC[N+](C)(CC)CCOc1ccc(N)cc1O.[Cl-]. The number of anilines is 1. The van der Waals surface area contributed by atoms with Gasteiger partial charge in [0.05, 0.1) is 20.1 Å². The molecule has 0 saturated heterocycles. The first-order valence-corrected chi connectivity index (χ1v) is 6.05. The van der Waals surface area contributed by atoms with Crippen molar-refractivity contribution < 1.29 is 26.7 Å². The van der Waals surface area contributed by atoms with Crippen molar-refractivity contribution in [1.29, 1.82) is 0 Å². The number of nitrogens with zero attached hydrogens (tertiary/aromatic N) is 1. The molecule has 0 heterocycles. The van der Waals surface area contributed by atoms with Crippen LogP contribution in [-0.4, -0.2) is 42.9 Å². The van der Waals surface area contributed by atoms with Crippen molar-refractivity contribution in [2.45, 2.75) is 13.8 Å². The van der Waals surface area contributed by atoms with Gasteiger partial charge in [-0.2, -0.15) is 0 Å². The van der Waals surface area contributed by atoms with Crippen molar-refractivity contribution in [3.63, 3.8) is 0 Å². The summed E-state index contributed by atoms with van der Waals surface area (Å²) >= 11 is 0. The molecule has 0 atom stereocenters. The van der Waals surface area contributed by atoms with Gasteiger partial charge < -0.3 is 32.5 Å². The van der Waals surface area contributed by atoms with Crippen LogP contribution >= 0.6 is 0 Å². The van der Waals surface area contributed by atoms with Gasteiger partial charge in [0.2, 0.25) is 0 Å². The van der Waals surface area contributed by atoms with Crippen LogP contribution in [0.15, 0.2) is 18.2 Å². The van der Waals surface area contributed by atoms with Crippen LogP contribution in [0.5, 0.6) is 11.5 Å². The minimum atomic E-state index is 0. The first kappa shape index (κ1) is 16.9. The van der Waals surface area contributed by atoms with E-state index in [0.717, 1.165) is 24.1 Å². The van der Waals surface area contributed by atoms with E-state index in [4.69, 9.17) is 10.5 Å². The topological polar surface area (TPSA) is 55.5 Å². The smallest absolute Gasteiger partial charge is 0.161 e. The molecule has 1 aromatic rings. The Hall–Kier alpha value is -1.13. The monoisotopic (exact) mass is 274 g/mol. The van der Waals surface area contributed by atoms with Gasteiger partial charge in [0, 0.05) is 11.8 Å². The van der Waals surface area contributed by atoms with Crippen molar-refractivity contribution in [1.82, 2.24) is 0 Å². The standard InChI is InChI=1S/C13H22N2O2.ClH/c1-4-15(3,5-2)8-9-17-13-7-6-11(14)10-12(13)16;/h6-7,10H,4-5,8-9,14H2,1-3H3;1H. The molecule has 1 rings (SSSR count). The fourth-order valence-corrected chi connectivity index (χ4v) is 1.57. The number of nitrogen functional groups attached to an aromatic ring is 1. The van der Waals surface area contributed by atoms with Crippen LogP contribution in [0.4, 0.5) is 5.69 Å². The van der Waals surface area contributed by atoms with E-state index in [-0.39, 0.29) is 18.2 Å². The Balaban J connectivity index is 0.00000289. The van der Waals surface area contributed by atoms with E-state index in [2.05, 4.69) is 20.9 Å². The predicted octanol–water partition coefficient (Wildman–Crippen LogP) is -1.16. The lowest BCUT2D eigenvalue weighted by atomic mass is 10.3. The zero-order valence-electron chi connectivity index (χ0n) is 11.3. The third kappa shape index (κ3) is 4.63. The summed E-state index contributed by atoms with van der Waals surface area (Å²) < 4.78 is 6.54. The molecule has 0 aliphatic carbocycles. The van der Waals surface area contributed by atoms with Gasteiger partial charge in [-0.05, 0) is 26.0 Å². The highest BCUT2D eigenvalue weighted by atomic mass is 35.5. The largest absolute Gasteiger partial charge is 1.00 e. The summed E-state index contributed by atoms with van der Waals surface area (Å²) in [5.74, 6) is 0.602. The molecule has 4 nitrogen and oxygen atoms in total. The number of halogens is 1. The third-order valence-corrected chi connectivity index (χ3v) is 3.40. The van der Waals surface area contributed by atoms with Gasteiger partial charge in [-0.25, -0.2) is 0 Å². The Kier molecular flexibility index (Phi) is 6.88. The van der Waals surface area contributed by atoms with E-state index >= 15 is 0 Å². The van der Waals surface area contributed by atoms with E-state index in [9.17, 15) is 5.11 Å². The van der Waals surface area contributed by atoms with Gasteiger partial charge in [-0.15, -0.1) is 0 Å². The highest BCUT2D eigenvalue weighted by molar-refractivity contribution is 5.51. The summed E-state index contributed by atoms with van der Waals surface area (Å²) in [4.78, 5) is 0. The van der Waals surface area contributed by atoms with Crippen molar-refractivity contribution in [2.75, 3.05) is 39.0 Å². The molecule has 0 aromatic heterocycles. The number of phenolic OH excluding ortho intramolecular Hbond substituents is 1. The van der Waals surface area contributed by atoms with Gasteiger partial charge in [0.1, 0.15) is 13.2 Å². The zero-order chi connectivity index (χ0) is 12.9. The second-order valence-corrected chi connectivity index (χ2v) is 4.55. The summed E-state index contributed by atoms with van der Waals surface area (Å²) in [6.07, 6.45) is 0. The molecule has 0 spiro atoms. The van der Waals surface area contributed by atoms with Gasteiger partial charge in [-0.3, -0.25) is 0 Å². The Labute approximate surface area is 115 Å². The maximum Gasteiger partial charge on any atom is 0.161 e. The van der Waals surface area contributed by atoms with Gasteiger partial charge in [0.15, 0.2) is 11.5 Å². The average Bonchev–Trinajstić information content (AvgIpc) is 2.32. The molecule has 0 radical (unpaired) electrons. The highest BCUT2D eigenvalue weighted by Crippen LogP contribution is 2.27. The predicted molar refractivity (Wildman–Crippen MR) is 70.1 cm³/mol. The molecule has 104 valence electrons. The lowest BCUT2D eigenvalue weighted by Gasteiger charge is -2.31. The molecule has 1 aromatic carbocycles. The zero-order valence-corrected chi connectivity index (χ0v) is 12.1. The second kappa shape index (κ2) is 7.34. The summed E-state index contributed by atoms with van der Waals surface area (Å²) in [5, 5.41) is 9.63. The van der Waals surface area contributed by atoms with Gasteiger partial charge in [-0.1, -0.05) is 0 Å². The van der Waals surface area contributed by atoms with E-state index < -0.39 is 0 Å². The Morgan fingerprint density at radius 3 is 2.39 bits per heavy atom. The molecule has 18 heavy (non-hydrogen) atoms. The van der Waals surface area contributed by atoms with Crippen LogP contribution in [0, 0.1) is 0 Å². The minimum absolute atomic E-state index is 0. The van der Waals surface area contributed by atoms with Crippen LogP contribution in [0.1, 0.15) is 13.8 Å². The summed E-state index contributed by atoms with van der Waals surface area (Å²) in [6, 6.07) is 4.93. The molecular formula is C13H23ClN2O2. The lowest BCUT2D eigenvalue weighted by Crippen LogP contribution is -3.00. The molecule has 0 unspecified atom stereocenters. The molecular weight excluding hydrogens is 252 g/mol. The number of nitrogens with two attached hydrogens (primary N) is 1. The molecule has 0 aliphatic heterocycles. The fourth-order valence-electron chi connectivity index (χ4n) is 1.57. The first-order chi connectivity index (χ1) is 8.00. The number of likely N-dealkylation sites (N-methyl/N-ethyl adjacent to an activating group) is 1. The van der Waals surface area contributed by atoms with E-state index in [1.54, 1.807) is 12.1 Å². The number of aromatic hydroxyl groups is 1. The number of rotatable bonds is 6. The number of ether oxygens (including phenoxy) is 1. The number of hydrogen-bond acceptors (Lipinski definition) is 3. The van der Waals surface area contributed by atoms with Crippen LogP contribution in [0.3, 0.4) is 0 Å². The highest BCUT2D eigenvalue weighted by Gasteiger charge is 2.16. The third-order valence-electron chi connectivity index (χ3n) is 3.40. The molecule has 0 saturated carbocycles. The number of quaternary nitrogens is 1. The van der Waals surface area contributed by atoms with Crippen molar-refractivity contribution in [3.8, 4) is 11.5 Å². The molecule has 0 fully saturated rings. The summed E-state index contributed by atoms with van der Waals surface area (Å²) in [5.41, 5.74) is 6.09. The fraction of sp³-hybridized carbons (Fsp3) is 0.538. The molecule has 0 aliphatic rings. The maximum atomic E-state index is 9.63. The number of benzene rings is 1. The van der Waals surface area contributed by atoms with Crippen molar-refractivity contribution in [2.24, 2.45) is 0 Å². The van der Waals surface area contributed by atoms with Crippen LogP contribution in [-0.2, 0) is 0 Å². The summed E-state index contributed by atoms with van der Waals surface area (Å²) in [6.45, 7) is 8.02. The Bertz CT molecular complexity index is 368. The average molecular weight is 275 g/mol. The number of phenols is 1. The van der Waals surface area contributed by atoms with Gasteiger partial charge >= 0.3 is 0 Å². The Morgan fingerprint density at radius 2 is 1.89 bits per heavy atom. The minimum Gasteiger partial charge on any atom is -1.00 e. The molecule has 3 N–H and O–H groups in total. The van der Waals surface area contributed by atoms with Crippen molar-refractivity contribution >= 4 is 5.69 Å². The first-order valence-electron chi connectivity index (χ1n) is 6.05. The second-order valence-electron chi connectivity index (χ2n) is 4.55. The maximum absolute atomic E-state index is 9.63. The quantitative estimate of drug-likeness (QED) is 0.509. The van der Waals surface area contributed by atoms with E-state index in [1.807, 2.05) is 0 Å². The van der Waals surface area contributed by atoms with E-state index in [0.29, 0.717) is 18.0 Å². The lowest BCUT2D eigenvalue weighted by molar-refractivity contribution is -0.906. The molecule has 5 heteroatoms. The van der Waals surface area contributed by atoms with Gasteiger partial charge in [0.25, 0.3) is 0 Å². The summed E-state index contributed by atoms with van der Waals surface area (Å²) in [7, 11) is 2.20. The van der Waals surface area contributed by atoms with Crippen molar-refractivity contribution in [3.05, 3.63) is 18.2 Å². The normalized spacial score (nSPS) is 10.8. The molecule has 0 amide bonds. The van der Waals surface area contributed by atoms with E-state index in [1.165, 1.54) is 6.07 Å². The Morgan fingerprint density at radius 1 is 1.28 bits per heavy atom. The molecule has 0 bridgehead atoms. The van der Waals surface area contributed by atoms with Crippen LogP contribution < -0.4 is 22.9 Å². The van der Waals surface area contributed by atoms with Crippen LogP contribution in [0.2, 0.25) is 0 Å². The number of hydrogen-bond donors (Lipinski definition) is 2.